The summed E-state index contributed by atoms with van der Waals surface area (Å²) in [6, 6.07) is 5.47. The molecule has 1 aliphatic heterocycles. The lowest BCUT2D eigenvalue weighted by Crippen LogP contribution is -2.35. The van der Waals surface area contributed by atoms with E-state index >= 15 is 0 Å². The minimum Gasteiger partial charge on any atom is -0.487 e. The molecule has 0 radical (unpaired) electrons. The Morgan fingerprint density at radius 3 is 2.78 bits per heavy atom. The summed E-state index contributed by atoms with van der Waals surface area (Å²) in [6.45, 7) is 6.98. The Morgan fingerprint density at radius 2 is 2.00 bits per heavy atom. The van der Waals surface area contributed by atoms with Crippen molar-refractivity contribution in [3.8, 4) is 5.75 Å². The van der Waals surface area contributed by atoms with Crippen LogP contribution in [0.4, 0.5) is 0 Å². The summed E-state index contributed by atoms with van der Waals surface area (Å²) in [7, 11) is 0. The Bertz CT molecular complexity index is 1150. The Kier molecular flexibility index (Phi) is 5.21. The molecule has 0 unspecified atom stereocenters. The Hall–Kier alpha value is -2.52. The quantitative estimate of drug-likeness (QED) is 0.491. The third-order valence-corrected chi connectivity index (χ3v) is 6.82. The van der Waals surface area contributed by atoms with Gasteiger partial charge in [-0.15, -0.1) is 0 Å². The molecule has 32 heavy (non-hydrogen) atoms. The number of hydrogen-bond donors (Lipinski definition) is 4. The van der Waals surface area contributed by atoms with Crippen molar-refractivity contribution in [2.45, 2.75) is 70.1 Å². The van der Waals surface area contributed by atoms with Crippen molar-refractivity contribution in [1.82, 2.24) is 19.9 Å². The lowest BCUT2D eigenvalue weighted by atomic mass is 9.90. The molecule has 1 aliphatic carbocycles. The van der Waals surface area contributed by atoms with Gasteiger partial charge in [0.05, 0.1) is 17.3 Å². The average Bonchev–Trinajstić information content (AvgIpc) is 3.30. The predicted octanol–water partition coefficient (Wildman–Crippen LogP) is 1.73. The van der Waals surface area contributed by atoms with Crippen molar-refractivity contribution >= 4 is 11.0 Å². The van der Waals surface area contributed by atoms with Gasteiger partial charge in [0.25, 0.3) is 0 Å². The van der Waals surface area contributed by atoms with E-state index in [0.717, 1.165) is 46.4 Å². The van der Waals surface area contributed by atoms with Gasteiger partial charge < -0.3 is 29.9 Å². The largest absolute Gasteiger partial charge is 0.487 e. The number of aliphatic hydroxyl groups is 3. The molecule has 4 atom stereocenters. The second-order valence-corrected chi connectivity index (χ2v) is 9.46. The van der Waals surface area contributed by atoms with Gasteiger partial charge in [-0.2, -0.15) is 0 Å². The highest BCUT2D eigenvalue weighted by Gasteiger charge is 2.44. The smallest absolute Gasteiger partial charge is 0.143 e. The average molecular weight is 439 g/mol. The molecule has 1 saturated carbocycles. The standard InChI is InChI=1S/C24H30N4O4/c1-13-16-5-7-28(23(16)27-12-26-13)18-10-20(22(30)21(18)29)32-19-9-15(24(2,3)31)8-14-4-6-25-11-17(14)19/h5,7-9,12,18,20-22,25,29-31H,4,6,10-11H2,1-3H3/t18-,20+,21+,22-/m1/s1. The van der Waals surface area contributed by atoms with E-state index in [1.54, 1.807) is 13.8 Å². The number of rotatable bonds is 4. The van der Waals surface area contributed by atoms with Gasteiger partial charge in [0.15, 0.2) is 0 Å². The van der Waals surface area contributed by atoms with Crippen LogP contribution in [0.25, 0.3) is 11.0 Å². The van der Waals surface area contributed by atoms with Crippen molar-refractivity contribution in [3.63, 3.8) is 0 Å². The van der Waals surface area contributed by atoms with Crippen LogP contribution in [0, 0.1) is 6.92 Å². The van der Waals surface area contributed by atoms with Crippen molar-refractivity contribution in [1.29, 1.82) is 0 Å². The Balaban J connectivity index is 1.47. The van der Waals surface area contributed by atoms with Crippen LogP contribution in [0.5, 0.6) is 5.75 Å². The lowest BCUT2D eigenvalue weighted by molar-refractivity contribution is -0.0168. The van der Waals surface area contributed by atoms with Gasteiger partial charge in [-0.1, -0.05) is 6.07 Å². The number of aryl methyl sites for hydroxylation is 1. The highest BCUT2D eigenvalue weighted by molar-refractivity contribution is 5.78. The van der Waals surface area contributed by atoms with E-state index in [1.165, 1.54) is 6.33 Å². The van der Waals surface area contributed by atoms with Crippen LogP contribution in [-0.2, 0) is 18.6 Å². The van der Waals surface area contributed by atoms with E-state index in [1.807, 2.05) is 35.9 Å². The van der Waals surface area contributed by atoms with E-state index < -0.39 is 23.9 Å². The molecule has 0 bridgehead atoms. The molecule has 5 rings (SSSR count). The molecular weight excluding hydrogens is 408 g/mol. The zero-order valence-electron chi connectivity index (χ0n) is 18.6. The molecule has 2 aromatic heterocycles. The zero-order valence-corrected chi connectivity index (χ0v) is 18.6. The second-order valence-electron chi connectivity index (χ2n) is 9.46. The maximum absolute atomic E-state index is 10.9. The van der Waals surface area contributed by atoms with Crippen LogP contribution < -0.4 is 10.1 Å². The van der Waals surface area contributed by atoms with Crippen LogP contribution in [0.2, 0.25) is 0 Å². The molecule has 0 amide bonds. The fraction of sp³-hybridized carbons (Fsp3) is 0.500. The molecule has 4 N–H and O–H groups in total. The molecule has 8 nitrogen and oxygen atoms in total. The number of ether oxygens (including phenoxy) is 1. The summed E-state index contributed by atoms with van der Waals surface area (Å²) in [6.07, 6.45) is 2.07. The number of aromatic nitrogens is 3. The fourth-order valence-corrected chi connectivity index (χ4v) is 4.91. The van der Waals surface area contributed by atoms with Gasteiger partial charge in [-0.3, -0.25) is 0 Å². The fourth-order valence-electron chi connectivity index (χ4n) is 4.91. The van der Waals surface area contributed by atoms with E-state index in [4.69, 9.17) is 4.74 Å². The van der Waals surface area contributed by atoms with Gasteiger partial charge in [-0.05, 0) is 57.0 Å². The summed E-state index contributed by atoms with van der Waals surface area (Å²) in [5, 5.41) is 36.6. The zero-order chi connectivity index (χ0) is 22.6. The van der Waals surface area contributed by atoms with Crippen LogP contribution in [0.3, 0.4) is 0 Å². The molecule has 3 heterocycles. The van der Waals surface area contributed by atoms with Crippen LogP contribution in [-0.4, -0.2) is 54.7 Å². The van der Waals surface area contributed by atoms with Crippen molar-refractivity contribution in [2.75, 3.05) is 6.54 Å². The van der Waals surface area contributed by atoms with Crippen LogP contribution >= 0.6 is 0 Å². The van der Waals surface area contributed by atoms with Crippen LogP contribution in [0.1, 0.15) is 48.7 Å². The Labute approximate surface area is 186 Å². The molecule has 170 valence electrons. The van der Waals surface area contributed by atoms with Gasteiger partial charge in [0.1, 0.15) is 36.0 Å². The molecule has 0 spiro atoms. The summed E-state index contributed by atoms with van der Waals surface area (Å²) in [5.74, 6) is 0.652. The summed E-state index contributed by atoms with van der Waals surface area (Å²) >= 11 is 0. The third kappa shape index (κ3) is 3.57. The molecule has 1 fully saturated rings. The van der Waals surface area contributed by atoms with Crippen LogP contribution in [0.15, 0.2) is 30.7 Å². The Morgan fingerprint density at radius 1 is 1.19 bits per heavy atom. The molecular formula is C24H30N4O4. The first-order valence-electron chi connectivity index (χ1n) is 11.1. The highest BCUT2D eigenvalue weighted by Crippen LogP contribution is 2.38. The van der Waals surface area contributed by atoms with Gasteiger partial charge in [0, 0.05) is 30.1 Å². The first kappa shape index (κ1) is 21.3. The van der Waals surface area contributed by atoms with Crippen molar-refractivity contribution in [2.24, 2.45) is 0 Å². The number of aliphatic hydroxyl groups excluding tert-OH is 2. The predicted molar refractivity (Wildman–Crippen MR) is 119 cm³/mol. The van der Waals surface area contributed by atoms with Crippen molar-refractivity contribution in [3.05, 3.63) is 53.1 Å². The molecule has 0 saturated heterocycles. The van der Waals surface area contributed by atoms with E-state index in [0.29, 0.717) is 18.7 Å². The maximum atomic E-state index is 10.9. The first-order chi connectivity index (χ1) is 15.2. The third-order valence-electron chi connectivity index (χ3n) is 6.82. The summed E-state index contributed by atoms with van der Waals surface area (Å²) < 4.78 is 8.26. The van der Waals surface area contributed by atoms with E-state index in [-0.39, 0.29) is 6.04 Å². The minimum absolute atomic E-state index is 0.367. The number of hydrogen-bond acceptors (Lipinski definition) is 7. The van der Waals surface area contributed by atoms with Crippen molar-refractivity contribution < 1.29 is 20.1 Å². The molecule has 1 aromatic carbocycles. The SMILES string of the molecule is Cc1ncnc2c1ccn2[C@@H]1C[C@H](Oc2cc(C(C)(C)O)cc3c2CNCC3)[C@@H](O)[C@H]1O. The monoisotopic (exact) mass is 438 g/mol. The van der Waals surface area contributed by atoms with E-state index in [2.05, 4.69) is 15.3 Å². The van der Waals surface area contributed by atoms with Gasteiger partial charge in [0.2, 0.25) is 0 Å². The summed E-state index contributed by atoms with van der Waals surface area (Å²) in [5.41, 5.74) is 3.57. The summed E-state index contributed by atoms with van der Waals surface area (Å²) in [4.78, 5) is 8.63. The number of nitrogens with one attached hydrogen (secondary N) is 1. The molecule has 2 aliphatic rings. The maximum Gasteiger partial charge on any atom is 0.143 e. The van der Waals surface area contributed by atoms with Gasteiger partial charge in [-0.25, -0.2) is 9.97 Å². The number of fused-ring (bicyclic) bond motifs is 2. The number of benzene rings is 1. The van der Waals surface area contributed by atoms with Gasteiger partial charge >= 0.3 is 0 Å². The molecule has 3 aromatic rings. The second kappa shape index (κ2) is 7.81. The first-order valence-corrected chi connectivity index (χ1v) is 11.1. The lowest BCUT2D eigenvalue weighted by Gasteiger charge is -2.28. The molecule has 8 heteroatoms. The minimum atomic E-state index is -1.04. The normalized spacial score (nSPS) is 25.8. The highest BCUT2D eigenvalue weighted by atomic mass is 16.5. The van der Waals surface area contributed by atoms with E-state index in [9.17, 15) is 15.3 Å². The topological polar surface area (TPSA) is 113 Å². The number of nitrogens with zero attached hydrogens (tertiary/aromatic N) is 3.